The van der Waals surface area contributed by atoms with E-state index in [1.807, 2.05) is 0 Å². The molecule has 0 amide bonds. The first-order chi connectivity index (χ1) is 9.65. The first kappa shape index (κ1) is 14.9. The average Bonchev–Trinajstić information content (AvgIpc) is 2.47. The standard InChI is InChI=1S/C14H19ClN4O/c1-3-7-19-14(20)13(12(15)10-16-19)17-11-5-8-18(4-2)9-6-11/h1,10-11,17H,4-9H2,2H3. The molecule has 1 fully saturated rings. The molecule has 1 aromatic heterocycles. The minimum Gasteiger partial charge on any atom is -0.376 e. The second-order valence-corrected chi connectivity index (χ2v) is 5.29. The van der Waals surface area contributed by atoms with E-state index < -0.39 is 0 Å². The van der Waals surface area contributed by atoms with Gasteiger partial charge in [-0.25, -0.2) is 4.68 Å². The molecule has 0 spiro atoms. The fraction of sp³-hybridized carbons (Fsp3) is 0.571. The van der Waals surface area contributed by atoms with Gasteiger partial charge in [0.05, 0.1) is 11.2 Å². The molecule has 0 aliphatic carbocycles. The van der Waals surface area contributed by atoms with Crippen molar-refractivity contribution in [3.63, 3.8) is 0 Å². The van der Waals surface area contributed by atoms with Gasteiger partial charge in [-0.3, -0.25) is 4.79 Å². The van der Waals surface area contributed by atoms with Crippen LogP contribution in [0.5, 0.6) is 0 Å². The Morgan fingerprint density at radius 2 is 2.25 bits per heavy atom. The SMILES string of the molecule is C#CCn1ncc(Cl)c(NC2CCN(CC)CC2)c1=O. The number of anilines is 1. The monoisotopic (exact) mass is 294 g/mol. The lowest BCUT2D eigenvalue weighted by atomic mass is 10.0. The van der Waals surface area contributed by atoms with Crippen LogP contribution in [0.2, 0.25) is 5.02 Å². The van der Waals surface area contributed by atoms with E-state index in [9.17, 15) is 4.79 Å². The Balaban J connectivity index is 2.12. The summed E-state index contributed by atoms with van der Waals surface area (Å²) in [6.45, 7) is 5.45. The Labute approximate surface area is 123 Å². The number of terminal acetylenes is 1. The smallest absolute Gasteiger partial charge is 0.292 e. The third-order valence-corrected chi connectivity index (χ3v) is 3.91. The van der Waals surface area contributed by atoms with Crippen molar-refractivity contribution in [1.82, 2.24) is 14.7 Å². The lowest BCUT2D eigenvalue weighted by Crippen LogP contribution is -2.40. The van der Waals surface area contributed by atoms with E-state index >= 15 is 0 Å². The molecule has 0 saturated carbocycles. The number of rotatable bonds is 4. The summed E-state index contributed by atoms with van der Waals surface area (Å²) in [4.78, 5) is 14.6. The molecular formula is C14H19ClN4O. The molecule has 5 nitrogen and oxygen atoms in total. The van der Waals surface area contributed by atoms with E-state index in [2.05, 4.69) is 28.2 Å². The number of hydrogen-bond donors (Lipinski definition) is 1. The Morgan fingerprint density at radius 1 is 1.55 bits per heavy atom. The second kappa shape index (κ2) is 6.78. The van der Waals surface area contributed by atoms with Gasteiger partial charge < -0.3 is 10.2 Å². The number of nitrogens with zero attached hydrogens (tertiary/aromatic N) is 3. The first-order valence-electron chi connectivity index (χ1n) is 6.83. The minimum absolute atomic E-state index is 0.152. The summed E-state index contributed by atoms with van der Waals surface area (Å²) in [7, 11) is 0. The van der Waals surface area contributed by atoms with Gasteiger partial charge in [-0.2, -0.15) is 5.10 Å². The zero-order valence-electron chi connectivity index (χ0n) is 11.6. The predicted molar refractivity (Wildman–Crippen MR) is 81.1 cm³/mol. The minimum atomic E-state index is -0.256. The fourth-order valence-electron chi connectivity index (χ4n) is 2.40. The normalized spacial score (nSPS) is 16.9. The predicted octanol–water partition coefficient (Wildman–Crippen LogP) is 1.43. The molecule has 20 heavy (non-hydrogen) atoms. The van der Waals surface area contributed by atoms with Crippen LogP contribution in [-0.4, -0.2) is 40.4 Å². The molecule has 0 radical (unpaired) electrons. The molecule has 0 atom stereocenters. The maximum absolute atomic E-state index is 12.2. The van der Waals surface area contributed by atoms with E-state index in [1.54, 1.807) is 0 Å². The molecule has 0 unspecified atom stereocenters. The highest BCUT2D eigenvalue weighted by Gasteiger charge is 2.20. The molecular weight excluding hydrogens is 276 g/mol. The van der Waals surface area contributed by atoms with Crippen molar-refractivity contribution >= 4 is 17.3 Å². The van der Waals surface area contributed by atoms with Crippen LogP contribution in [-0.2, 0) is 6.54 Å². The molecule has 1 aliphatic heterocycles. The van der Waals surface area contributed by atoms with Gasteiger partial charge in [0, 0.05) is 19.1 Å². The summed E-state index contributed by atoms with van der Waals surface area (Å²) < 4.78 is 1.25. The Morgan fingerprint density at radius 3 is 2.85 bits per heavy atom. The summed E-state index contributed by atoms with van der Waals surface area (Å²) in [6, 6.07) is 0.268. The molecule has 108 valence electrons. The third kappa shape index (κ3) is 3.33. The fourth-order valence-corrected chi connectivity index (χ4v) is 2.58. The van der Waals surface area contributed by atoms with Crippen molar-refractivity contribution in [1.29, 1.82) is 0 Å². The molecule has 1 aromatic rings. The van der Waals surface area contributed by atoms with E-state index in [-0.39, 0.29) is 18.1 Å². The highest BCUT2D eigenvalue weighted by Crippen LogP contribution is 2.20. The maximum Gasteiger partial charge on any atom is 0.292 e. The summed E-state index contributed by atoms with van der Waals surface area (Å²) in [5.74, 6) is 2.41. The number of likely N-dealkylation sites (tertiary alicyclic amines) is 1. The highest BCUT2D eigenvalue weighted by molar-refractivity contribution is 6.33. The van der Waals surface area contributed by atoms with Gasteiger partial charge in [0.15, 0.2) is 0 Å². The van der Waals surface area contributed by atoms with Gasteiger partial charge in [0.25, 0.3) is 5.56 Å². The number of aromatic nitrogens is 2. The van der Waals surface area contributed by atoms with Crippen LogP contribution in [0.4, 0.5) is 5.69 Å². The third-order valence-electron chi connectivity index (χ3n) is 3.62. The van der Waals surface area contributed by atoms with Crippen molar-refractivity contribution in [2.24, 2.45) is 0 Å². The number of nitrogens with one attached hydrogen (secondary N) is 1. The van der Waals surface area contributed by atoms with E-state index in [0.717, 1.165) is 32.5 Å². The van der Waals surface area contributed by atoms with E-state index in [1.165, 1.54) is 10.9 Å². The molecule has 2 heterocycles. The van der Waals surface area contributed by atoms with Gasteiger partial charge in [-0.1, -0.05) is 24.4 Å². The molecule has 0 bridgehead atoms. The summed E-state index contributed by atoms with van der Waals surface area (Å²) in [6.07, 6.45) is 8.69. The van der Waals surface area contributed by atoms with Crippen molar-refractivity contribution in [2.45, 2.75) is 32.4 Å². The molecule has 1 aliphatic rings. The van der Waals surface area contributed by atoms with Gasteiger partial charge in [-0.15, -0.1) is 6.42 Å². The molecule has 6 heteroatoms. The topological polar surface area (TPSA) is 50.2 Å². The van der Waals surface area contributed by atoms with Crippen molar-refractivity contribution in [2.75, 3.05) is 25.0 Å². The molecule has 1 saturated heterocycles. The second-order valence-electron chi connectivity index (χ2n) is 4.89. The van der Waals surface area contributed by atoms with Crippen LogP contribution < -0.4 is 10.9 Å². The largest absolute Gasteiger partial charge is 0.376 e. The van der Waals surface area contributed by atoms with Crippen molar-refractivity contribution in [3.05, 3.63) is 21.6 Å². The van der Waals surface area contributed by atoms with Crippen LogP contribution in [0.15, 0.2) is 11.0 Å². The Kier molecular flexibility index (Phi) is 5.05. The van der Waals surface area contributed by atoms with Gasteiger partial charge in [-0.05, 0) is 19.4 Å². The molecule has 2 rings (SSSR count). The van der Waals surface area contributed by atoms with Crippen LogP contribution in [0, 0.1) is 12.3 Å². The lowest BCUT2D eigenvalue weighted by molar-refractivity contribution is 0.229. The van der Waals surface area contributed by atoms with Crippen LogP contribution >= 0.6 is 11.6 Å². The summed E-state index contributed by atoms with van der Waals surface area (Å²) in [5.41, 5.74) is 0.153. The van der Waals surface area contributed by atoms with Crippen LogP contribution in [0.1, 0.15) is 19.8 Å². The first-order valence-corrected chi connectivity index (χ1v) is 7.21. The van der Waals surface area contributed by atoms with Crippen LogP contribution in [0.3, 0.4) is 0 Å². The van der Waals surface area contributed by atoms with E-state index in [0.29, 0.717) is 10.7 Å². The number of piperidine rings is 1. The van der Waals surface area contributed by atoms with Gasteiger partial charge >= 0.3 is 0 Å². The number of hydrogen-bond acceptors (Lipinski definition) is 4. The Bertz CT molecular complexity index is 555. The van der Waals surface area contributed by atoms with Crippen molar-refractivity contribution < 1.29 is 0 Å². The zero-order chi connectivity index (χ0) is 14.5. The number of halogens is 1. The quantitative estimate of drug-likeness (QED) is 0.854. The van der Waals surface area contributed by atoms with E-state index in [4.69, 9.17) is 18.0 Å². The zero-order valence-corrected chi connectivity index (χ0v) is 12.4. The summed E-state index contributed by atoms with van der Waals surface area (Å²) >= 11 is 6.08. The molecule has 0 aromatic carbocycles. The van der Waals surface area contributed by atoms with Gasteiger partial charge in [0.2, 0.25) is 0 Å². The maximum atomic E-state index is 12.2. The molecule has 1 N–H and O–H groups in total. The Hall–Kier alpha value is -1.51. The average molecular weight is 295 g/mol. The summed E-state index contributed by atoms with van der Waals surface area (Å²) in [5, 5.41) is 7.54. The van der Waals surface area contributed by atoms with Crippen LogP contribution in [0.25, 0.3) is 0 Å². The highest BCUT2D eigenvalue weighted by atomic mass is 35.5. The lowest BCUT2D eigenvalue weighted by Gasteiger charge is -2.32. The van der Waals surface area contributed by atoms with Crippen molar-refractivity contribution in [3.8, 4) is 12.3 Å². The van der Waals surface area contributed by atoms with Gasteiger partial charge in [0.1, 0.15) is 12.2 Å².